The molecule has 1 amide bonds. The van der Waals surface area contributed by atoms with E-state index < -0.39 is 0 Å². The quantitative estimate of drug-likeness (QED) is 0.785. The highest BCUT2D eigenvalue weighted by molar-refractivity contribution is 7.10. The molecule has 3 N–H and O–H groups in total. The van der Waals surface area contributed by atoms with Crippen molar-refractivity contribution in [2.24, 2.45) is 11.1 Å². The van der Waals surface area contributed by atoms with Gasteiger partial charge < -0.3 is 11.1 Å². The molecular weight excluding hydrogens is 232 g/mol. The Morgan fingerprint density at radius 1 is 1.53 bits per heavy atom. The lowest BCUT2D eigenvalue weighted by Gasteiger charge is -2.16. The van der Waals surface area contributed by atoms with Gasteiger partial charge in [-0.1, -0.05) is 32.6 Å². The van der Waals surface area contributed by atoms with Crippen molar-refractivity contribution in [2.75, 3.05) is 6.54 Å². The molecule has 1 aromatic rings. The van der Waals surface area contributed by atoms with Crippen LogP contribution in [0.2, 0.25) is 0 Å². The van der Waals surface area contributed by atoms with Crippen molar-refractivity contribution in [3.63, 3.8) is 0 Å². The second-order valence-electron chi connectivity index (χ2n) is 4.74. The Kier molecular flexibility index (Phi) is 4.73. The standard InChI is InChI=1S/C13H18N2OS/c1-13(2,3)12(16)15-8-11-7-10(9-17-11)5-4-6-14/h7,9H,6,8,14H2,1-3H3,(H,15,16). The van der Waals surface area contributed by atoms with Gasteiger partial charge in [0.15, 0.2) is 0 Å². The summed E-state index contributed by atoms with van der Waals surface area (Å²) in [6, 6.07) is 1.98. The van der Waals surface area contributed by atoms with E-state index in [4.69, 9.17) is 5.73 Å². The summed E-state index contributed by atoms with van der Waals surface area (Å²) in [5.41, 5.74) is 5.91. The Labute approximate surface area is 106 Å². The van der Waals surface area contributed by atoms with E-state index >= 15 is 0 Å². The largest absolute Gasteiger partial charge is 0.351 e. The molecule has 4 heteroatoms. The zero-order valence-corrected chi connectivity index (χ0v) is 11.3. The van der Waals surface area contributed by atoms with Crippen LogP contribution in [0.1, 0.15) is 31.2 Å². The van der Waals surface area contributed by atoms with Gasteiger partial charge in [0.05, 0.1) is 13.1 Å². The van der Waals surface area contributed by atoms with Gasteiger partial charge in [0, 0.05) is 21.2 Å². The van der Waals surface area contributed by atoms with Crippen LogP contribution >= 0.6 is 11.3 Å². The van der Waals surface area contributed by atoms with E-state index in [0.29, 0.717) is 13.1 Å². The molecule has 0 radical (unpaired) electrons. The molecule has 1 rings (SSSR count). The molecule has 0 saturated carbocycles. The van der Waals surface area contributed by atoms with Crippen LogP contribution in [0.3, 0.4) is 0 Å². The van der Waals surface area contributed by atoms with Gasteiger partial charge in [-0.05, 0) is 6.07 Å². The molecule has 3 nitrogen and oxygen atoms in total. The molecule has 0 atom stereocenters. The van der Waals surface area contributed by atoms with E-state index in [2.05, 4.69) is 17.2 Å². The average Bonchev–Trinajstić information content (AvgIpc) is 2.69. The normalized spacial score (nSPS) is 10.6. The lowest BCUT2D eigenvalue weighted by atomic mass is 9.96. The molecule has 0 aromatic carbocycles. The van der Waals surface area contributed by atoms with Crippen LogP contribution in [0.5, 0.6) is 0 Å². The van der Waals surface area contributed by atoms with E-state index in [9.17, 15) is 4.79 Å². The van der Waals surface area contributed by atoms with Crippen molar-refractivity contribution in [1.29, 1.82) is 0 Å². The summed E-state index contributed by atoms with van der Waals surface area (Å²) < 4.78 is 0. The highest BCUT2D eigenvalue weighted by Crippen LogP contribution is 2.16. The zero-order chi connectivity index (χ0) is 12.9. The average molecular weight is 250 g/mol. The van der Waals surface area contributed by atoms with Gasteiger partial charge in [-0.15, -0.1) is 11.3 Å². The molecular formula is C13H18N2OS. The Morgan fingerprint density at radius 3 is 2.82 bits per heavy atom. The van der Waals surface area contributed by atoms with Gasteiger partial charge in [-0.3, -0.25) is 4.79 Å². The van der Waals surface area contributed by atoms with Gasteiger partial charge in [-0.25, -0.2) is 0 Å². The fraction of sp³-hybridized carbons (Fsp3) is 0.462. The first-order chi connectivity index (χ1) is 7.93. The number of hydrogen-bond donors (Lipinski definition) is 2. The first-order valence-electron chi connectivity index (χ1n) is 5.48. The van der Waals surface area contributed by atoms with Gasteiger partial charge in [0.1, 0.15) is 0 Å². The Balaban J connectivity index is 2.53. The van der Waals surface area contributed by atoms with Gasteiger partial charge in [0.25, 0.3) is 0 Å². The maximum Gasteiger partial charge on any atom is 0.225 e. The Morgan fingerprint density at radius 2 is 2.24 bits per heavy atom. The molecule has 0 bridgehead atoms. The molecule has 0 aliphatic rings. The maximum absolute atomic E-state index is 11.7. The number of carbonyl (C=O) groups excluding carboxylic acids is 1. The molecule has 0 fully saturated rings. The molecule has 0 saturated heterocycles. The second kappa shape index (κ2) is 5.85. The maximum atomic E-state index is 11.7. The summed E-state index contributed by atoms with van der Waals surface area (Å²) in [6.45, 7) is 6.62. The monoisotopic (exact) mass is 250 g/mol. The van der Waals surface area contributed by atoms with Crippen molar-refractivity contribution in [3.05, 3.63) is 21.9 Å². The van der Waals surface area contributed by atoms with Crippen molar-refractivity contribution in [1.82, 2.24) is 5.32 Å². The lowest BCUT2D eigenvalue weighted by molar-refractivity contribution is -0.128. The molecule has 92 valence electrons. The molecule has 0 unspecified atom stereocenters. The van der Waals surface area contributed by atoms with Crippen molar-refractivity contribution in [2.45, 2.75) is 27.3 Å². The number of nitrogens with two attached hydrogens (primary N) is 1. The van der Waals surface area contributed by atoms with E-state index in [1.807, 2.05) is 32.2 Å². The number of rotatable bonds is 2. The third kappa shape index (κ3) is 4.59. The molecule has 0 aliphatic heterocycles. The van der Waals surface area contributed by atoms with E-state index in [1.54, 1.807) is 11.3 Å². The van der Waals surface area contributed by atoms with Gasteiger partial charge >= 0.3 is 0 Å². The van der Waals surface area contributed by atoms with Crippen LogP contribution in [0.25, 0.3) is 0 Å². The van der Waals surface area contributed by atoms with Crippen LogP contribution < -0.4 is 11.1 Å². The third-order valence-corrected chi connectivity index (χ3v) is 3.03. The second-order valence-corrected chi connectivity index (χ2v) is 5.74. The summed E-state index contributed by atoms with van der Waals surface area (Å²) in [6.07, 6.45) is 0. The number of thiophene rings is 1. The summed E-state index contributed by atoms with van der Waals surface area (Å²) in [5, 5.41) is 4.88. The first kappa shape index (κ1) is 13.8. The highest BCUT2D eigenvalue weighted by Gasteiger charge is 2.20. The number of amides is 1. The number of nitrogens with one attached hydrogen (secondary N) is 1. The first-order valence-corrected chi connectivity index (χ1v) is 6.36. The topological polar surface area (TPSA) is 55.1 Å². The number of hydrogen-bond acceptors (Lipinski definition) is 3. The van der Waals surface area contributed by atoms with Crippen molar-refractivity contribution in [3.8, 4) is 11.8 Å². The predicted octanol–water partition coefficient (Wildman–Crippen LogP) is 1.72. The summed E-state index contributed by atoms with van der Waals surface area (Å²) >= 11 is 1.59. The third-order valence-electron chi connectivity index (χ3n) is 2.09. The van der Waals surface area contributed by atoms with Crippen LogP contribution in [-0.2, 0) is 11.3 Å². The van der Waals surface area contributed by atoms with Crippen LogP contribution in [0.15, 0.2) is 11.4 Å². The lowest BCUT2D eigenvalue weighted by Crippen LogP contribution is -2.34. The number of carbonyl (C=O) groups is 1. The molecule has 0 aliphatic carbocycles. The van der Waals surface area contributed by atoms with Gasteiger partial charge in [-0.2, -0.15) is 0 Å². The smallest absolute Gasteiger partial charge is 0.225 e. The minimum absolute atomic E-state index is 0.0560. The van der Waals surface area contributed by atoms with Crippen LogP contribution in [0.4, 0.5) is 0 Å². The van der Waals surface area contributed by atoms with Crippen LogP contribution in [-0.4, -0.2) is 12.5 Å². The highest BCUT2D eigenvalue weighted by atomic mass is 32.1. The Bertz CT molecular complexity index is 446. The molecule has 17 heavy (non-hydrogen) atoms. The van der Waals surface area contributed by atoms with Crippen LogP contribution in [0, 0.1) is 17.3 Å². The fourth-order valence-electron chi connectivity index (χ4n) is 1.12. The van der Waals surface area contributed by atoms with E-state index in [1.165, 1.54) is 0 Å². The Hall–Kier alpha value is -1.31. The summed E-state index contributed by atoms with van der Waals surface area (Å²) in [4.78, 5) is 12.8. The van der Waals surface area contributed by atoms with E-state index in [-0.39, 0.29) is 11.3 Å². The predicted molar refractivity (Wildman–Crippen MR) is 71.6 cm³/mol. The minimum Gasteiger partial charge on any atom is -0.351 e. The van der Waals surface area contributed by atoms with Crippen molar-refractivity contribution < 1.29 is 4.79 Å². The van der Waals surface area contributed by atoms with E-state index in [0.717, 1.165) is 10.4 Å². The minimum atomic E-state index is -0.348. The SMILES string of the molecule is CC(C)(C)C(=O)NCc1cc(C#CCN)cs1. The fourth-order valence-corrected chi connectivity index (χ4v) is 1.88. The summed E-state index contributed by atoms with van der Waals surface area (Å²) in [7, 11) is 0. The molecule has 0 spiro atoms. The van der Waals surface area contributed by atoms with Crippen molar-refractivity contribution >= 4 is 17.2 Å². The van der Waals surface area contributed by atoms with Gasteiger partial charge in [0.2, 0.25) is 5.91 Å². The molecule has 1 heterocycles. The zero-order valence-electron chi connectivity index (χ0n) is 10.5. The summed E-state index contributed by atoms with van der Waals surface area (Å²) in [5.74, 6) is 5.83. The molecule has 1 aromatic heterocycles.